The maximum absolute atomic E-state index is 13.6. The molecule has 5 rings (SSSR count). The van der Waals surface area contributed by atoms with Crippen molar-refractivity contribution in [2.75, 3.05) is 18.4 Å². The number of carbonyl (C=O) groups is 2. The van der Waals surface area contributed by atoms with E-state index >= 15 is 0 Å². The van der Waals surface area contributed by atoms with E-state index in [1.54, 1.807) is 11.3 Å². The van der Waals surface area contributed by atoms with Crippen LogP contribution in [0.4, 0.5) is 5.00 Å². The molecule has 5 nitrogen and oxygen atoms in total. The molecular weight excluding hydrogens is 406 g/mol. The lowest BCUT2D eigenvalue weighted by atomic mass is 9.85. The number of anilines is 1. The van der Waals surface area contributed by atoms with Gasteiger partial charge in [0.05, 0.1) is 5.00 Å². The van der Waals surface area contributed by atoms with Gasteiger partial charge in [0.2, 0.25) is 11.8 Å². The van der Waals surface area contributed by atoms with Gasteiger partial charge in [0.25, 0.3) is 0 Å². The van der Waals surface area contributed by atoms with Crippen molar-refractivity contribution < 1.29 is 9.59 Å². The maximum Gasteiger partial charge on any atom is 0.243 e. The summed E-state index contributed by atoms with van der Waals surface area (Å²) in [6.45, 7) is 3.93. The Morgan fingerprint density at radius 1 is 1.34 bits per heavy atom. The minimum atomic E-state index is -0.346. The van der Waals surface area contributed by atoms with E-state index in [4.69, 9.17) is 11.6 Å². The molecule has 3 aliphatic rings. The number of rotatable bonds is 4. The summed E-state index contributed by atoms with van der Waals surface area (Å²) in [4.78, 5) is 30.7. The molecular formula is C22H24ClN3O2S. The van der Waals surface area contributed by atoms with Crippen LogP contribution in [0.5, 0.6) is 0 Å². The van der Waals surface area contributed by atoms with Crippen molar-refractivity contribution in [2.24, 2.45) is 5.92 Å². The Balaban J connectivity index is 1.38. The maximum atomic E-state index is 13.6. The van der Waals surface area contributed by atoms with E-state index in [-0.39, 0.29) is 23.4 Å². The third-order valence-corrected chi connectivity index (χ3v) is 7.98. The molecule has 0 saturated carbocycles. The van der Waals surface area contributed by atoms with E-state index in [0.29, 0.717) is 17.5 Å². The van der Waals surface area contributed by atoms with Crippen LogP contribution in [-0.2, 0) is 16.1 Å². The van der Waals surface area contributed by atoms with Crippen LogP contribution in [0.1, 0.15) is 42.7 Å². The zero-order valence-corrected chi connectivity index (χ0v) is 17.9. The van der Waals surface area contributed by atoms with Crippen molar-refractivity contribution in [3.8, 4) is 0 Å². The van der Waals surface area contributed by atoms with Crippen molar-refractivity contribution in [1.82, 2.24) is 9.80 Å². The van der Waals surface area contributed by atoms with Gasteiger partial charge in [-0.3, -0.25) is 14.5 Å². The van der Waals surface area contributed by atoms with Gasteiger partial charge in [0, 0.05) is 41.9 Å². The normalized spacial score (nSPS) is 28.6. The van der Waals surface area contributed by atoms with Gasteiger partial charge in [-0.15, -0.1) is 11.3 Å². The molecule has 29 heavy (non-hydrogen) atoms. The third-order valence-electron chi connectivity index (χ3n) is 6.64. The first kappa shape index (κ1) is 19.1. The molecule has 0 unspecified atom stereocenters. The second-order valence-corrected chi connectivity index (χ2v) is 9.92. The molecule has 3 aliphatic heterocycles. The van der Waals surface area contributed by atoms with Crippen LogP contribution in [-0.4, -0.2) is 40.2 Å². The Hall–Kier alpha value is -1.89. The van der Waals surface area contributed by atoms with Gasteiger partial charge in [-0.05, 0) is 55.6 Å². The van der Waals surface area contributed by atoms with Crippen molar-refractivity contribution in [3.63, 3.8) is 0 Å². The lowest BCUT2D eigenvalue weighted by molar-refractivity contribution is -0.137. The van der Waals surface area contributed by atoms with Crippen LogP contribution < -0.4 is 5.32 Å². The Labute approximate surface area is 179 Å². The van der Waals surface area contributed by atoms with Gasteiger partial charge in [-0.2, -0.15) is 0 Å². The minimum Gasteiger partial charge on any atom is -0.336 e. The summed E-state index contributed by atoms with van der Waals surface area (Å²) < 4.78 is 0. The van der Waals surface area contributed by atoms with Crippen molar-refractivity contribution in [1.29, 1.82) is 0 Å². The Morgan fingerprint density at radius 3 is 3.00 bits per heavy atom. The molecule has 3 fully saturated rings. The van der Waals surface area contributed by atoms with Gasteiger partial charge in [-0.1, -0.05) is 23.7 Å². The highest BCUT2D eigenvalue weighted by molar-refractivity contribution is 7.16. The lowest BCUT2D eigenvalue weighted by Crippen LogP contribution is -2.49. The first-order valence-corrected chi connectivity index (χ1v) is 11.3. The topological polar surface area (TPSA) is 52.7 Å². The number of likely N-dealkylation sites (tertiary alicyclic amines) is 1. The highest BCUT2D eigenvalue weighted by Crippen LogP contribution is 2.57. The number of halogens is 1. The molecule has 1 aromatic heterocycles. The second-order valence-electron chi connectivity index (χ2n) is 8.37. The summed E-state index contributed by atoms with van der Waals surface area (Å²) in [5.41, 5.74) is 0.739. The summed E-state index contributed by atoms with van der Waals surface area (Å²) in [7, 11) is 0. The van der Waals surface area contributed by atoms with Crippen LogP contribution in [0.3, 0.4) is 0 Å². The largest absolute Gasteiger partial charge is 0.336 e. The molecule has 3 atom stereocenters. The predicted octanol–water partition coefficient (Wildman–Crippen LogP) is 4.30. The number of carbonyl (C=O) groups excluding carboxylic acids is 2. The number of nitrogens with zero attached hydrogens (tertiary/aromatic N) is 2. The highest BCUT2D eigenvalue weighted by atomic mass is 35.5. The summed E-state index contributed by atoms with van der Waals surface area (Å²) in [6.07, 6.45) is 3.01. The van der Waals surface area contributed by atoms with Gasteiger partial charge >= 0.3 is 0 Å². The van der Waals surface area contributed by atoms with Gasteiger partial charge in [0.1, 0.15) is 5.54 Å². The first-order valence-electron chi connectivity index (χ1n) is 10.2. The zero-order valence-electron chi connectivity index (χ0n) is 16.4. The minimum absolute atomic E-state index is 0.0498. The molecule has 3 saturated heterocycles. The molecule has 0 bridgehead atoms. The Morgan fingerprint density at radius 2 is 2.21 bits per heavy atom. The molecule has 1 aromatic carbocycles. The monoisotopic (exact) mass is 429 g/mol. The smallest absolute Gasteiger partial charge is 0.243 e. The molecule has 1 N–H and O–H groups in total. The van der Waals surface area contributed by atoms with Gasteiger partial charge in [-0.25, -0.2) is 0 Å². The van der Waals surface area contributed by atoms with Gasteiger partial charge < -0.3 is 10.2 Å². The summed E-state index contributed by atoms with van der Waals surface area (Å²) in [6, 6.07) is 12.2. The van der Waals surface area contributed by atoms with Crippen LogP contribution in [0, 0.1) is 5.92 Å². The van der Waals surface area contributed by atoms with Crippen molar-refractivity contribution in [3.05, 3.63) is 51.9 Å². The van der Waals surface area contributed by atoms with E-state index in [2.05, 4.69) is 16.3 Å². The molecule has 7 heteroatoms. The summed E-state index contributed by atoms with van der Waals surface area (Å²) in [5.74, 6) is 0.584. The van der Waals surface area contributed by atoms with E-state index < -0.39 is 0 Å². The number of nitrogens with one attached hydrogen (secondary N) is 1. The standard InChI is InChI=1S/C22H24ClN3O2S/c1-14(27)24-20-7-6-19(29-20)18-11-16-13-25(12-15-4-2-5-17(23)10-15)21(28)22(16)8-3-9-26(18)22/h2,4-7,10,16,18H,3,8-9,11-13H2,1H3,(H,24,27)/t16-,18-,22-/m0/s1. The Kier molecular flexibility index (Phi) is 4.68. The SMILES string of the molecule is CC(=O)Nc1ccc([C@@H]2C[C@H]3CN(Cc4cccc(Cl)c4)C(=O)[C@]34CCCN24)s1. The number of amides is 2. The molecule has 152 valence electrons. The average molecular weight is 430 g/mol. The summed E-state index contributed by atoms with van der Waals surface area (Å²) >= 11 is 7.77. The average Bonchev–Trinajstić information content (AvgIpc) is 3.39. The van der Waals surface area contributed by atoms with Gasteiger partial charge in [0.15, 0.2) is 0 Å². The molecule has 2 amide bonds. The fourth-order valence-electron chi connectivity index (χ4n) is 5.61. The van der Waals surface area contributed by atoms with E-state index in [9.17, 15) is 9.59 Å². The molecule has 1 spiro atoms. The van der Waals surface area contributed by atoms with Crippen LogP contribution in [0.25, 0.3) is 0 Å². The predicted molar refractivity (Wildman–Crippen MR) is 115 cm³/mol. The van der Waals surface area contributed by atoms with Crippen molar-refractivity contribution in [2.45, 2.75) is 44.3 Å². The third kappa shape index (κ3) is 3.09. The number of benzene rings is 1. The molecule has 0 radical (unpaired) electrons. The zero-order chi connectivity index (χ0) is 20.2. The fourth-order valence-corrected chi connectivity index (χ4v) is 6.91. The first-order chi connectivity index (χ1) is 14.0. The Bertz CT molecular complexity index is 976. The fraction of sp³-hybridized carbons (Fsp3) is 0.455. The number of thiophene rings is 1. The van der Waals surface area contributed by atoms with E-state index in [0.717, 1.165) is 42.9 Å². The summed E-state index contributed by atoms with van der Waals surface area (Å²) in [5, 5.41) is 4.47. The van der Waals surface area contributed by atoms with E-state index in [1.807, 2.05) is 35.2 Å². The highest BCUT2D eigenvalue weighted by Gasteiger charge is 2.65. The molecule has 4 heterocycles. The van der Waals surface area contributed by atoms with E-state index in [1.165, 1.54) is 11.8 Å². The number of hydrogen-bond donors (Lipinski definition) is 1. The van der Waals surface area contributed by atoms with Crippen LogP contribution >= 0.6 is 22.9 Å². The second kappa shape index (κ2) is 7.11. The van der Waals surface area contributed by atoms with Crippen LogP contribution in [0.2, 0.25) is 5.02 Å². The van der Waals surface area contributed by atoms with Crippen molar-refractivity contribution >= 4 is 39.8 Å². The quantitative estimate of drug-likeness (QED) is 0.788. The molecule has 0 aliphatic carbocycles. The molecule has 2 aromatic rings. The van der Waals surface area contributed by atoms with Crippen LogP contribution in [0.15, 0.2) is 36.4 Å². The lowest BCUT2D eigenvalue weighted by Gasteiger charge is -2.33. The number of hydrogen-bond acceptors (Lipinski definition) is 4.